The van der Waals surface area contributed by atoms with E-state index in [1.165, 1.54) is 6.20 Å². The molecule has 25 heavy (non-hydrogen) atoms. The van der Waals surface area contributed by atoms with Gasteiger partial charge < -0.3 is 9.47 Å². The molecule has 0 radical (unpaired) electrons. The number of pyridine rings is 1. The van der Waals surface area contributed by atoms with E-state index in [9.17, 15) is 9.18 Å². The number of hydrogen-bond donors (Lipinski definition) is 1. The summed E-state index contributed by atoms with van der Waals surface area (Å²) in [5.74, 6) is -0.906. The van der Waals surface area contributed by atoms with Crippen LogP contribution in [0.15, 0.2) is 16.9 Å². The van der Waals surface area contributed by atoms with Gasteiger partial charge >= 0.3 is 5.97 Å². The van der Waals surface area contributed by atoms with Crippen LogP contribution in [0.5, 0.6) is 0 Å². The molecule has 0 aliphatic carbocycles. The molecule has 0 spiro atoms. The van der Waals surface area contributed by atoms with Crippen molar-refractivity contribution < 1.29 is 18.7 Å². The number of aromatic nitrogens is 1. The van der Waals surface area contributed by atoms with E-state index < -0.39 is 28.5 Å². The van der Waals surface area contributed by atoms with E-state index in [-0.39, 0.29) is 17.8 Å². The van der Waals surface area contributed by atoms with Gasteiger partial charge in [0, 0.05) is 18.3 Å². The third-order valence-electron chi connectivity index (χ3n) is 3.24. The number of rotatable bonds is 6. The maximum Gasteiger partial charge on any atom is 0.328 e. The van der Waals surface area contributed by atoms with E-state index in [2.05, 4.69) is 26.2 Å². The minimum absolute atomic E-state index is 0.0965. The Morgan fingerprint density at radius 3 is 2.32 bits per heavy atom. The molecule has 1 unspecified atom stereocenters. The van der Waals surface area contributed by atoms with Crippen LogP contribution in [0, 0.1) is 5.82 Å². The molecule has 0 aliphatic rings. The smallest absolute Gasteiger partial charge is 0.328 e. The molecule has 0 saturated carbocycles. The monoisotopic (exact) mass is 418 g/mol. The van der Waals surface area contributed by atoms with E-state index in [1.807, 2.05) is 20.8 Å². The second-order valence-corrected chi connectivity index (χ2v) is 8.91. The Labute approximate surface area is 157 Å². The van der Waals surface area contributed by atoms with Gasteiger partial charge in [0.2, 0.25) is 0 Å². The van der Waals surface area contributed by atoms with Gasteiger partial charge in [-0.05, 0) is 70.5 Å². The number of hydrogen-bond acceptors (Lipinski definition) is 5. The summed E-state index contributed by atoms with van der Waals surface area (Å²) >= 11 is 3.06. The summed E-state index contributed by atoms with van der Waals surface area (Å²) in [5, 5.41) is 3.09. The number of ether oxygens (including phenoxy) is 2. The molecule has 0 amide bonds. The minimum Gasteiger partial charge on any atom is -0.459 e. The molecule has 1 atom stereocenters. The zero-order valence-corrected chi connectivity index (χ0v) is 17.6. The molecule has 0 saturated heterocycles. The van der Waals surface area contributed by atoms with Crippen LogP contribution in [0.3, 0.4) is 0 Å². The van der Waals surface area contributed by atoms with E-state index in [0.717, 1.165) is 0 Å². The van der Waals surface area contributed by atoms with Gasteiger partial charge in [-0.15, -0.1) is 0 Å². The highest BCUT2D eigenvalue weighted by molar-refractivity contribution is 9.10. The lowest BCUT2D eigenvalue weighted by atomic mass is 10.0. The van der Waals surface area contributed by atoms with Crippen LogP contribution < -0.4 is 5.32 Å². The molecule has 1 N–H and O–H groups in total. The Balaban J connectivity index is 2.97. The fourth-order valence-corrected chi connectivity index (χ4v) is 2.19. The lowest BCUT2D eigenvalue weighted by Gasteiger charge is -2.34. The fourth-order valence-electron chi connectivity index (χ4n) is 1.82. The van der Waals surface area contributed by atoms with Crippen molar-refractivity contribution in [1.29, 1.82) is 0 Å². The lowest BCUT2D eigenvalue weighted by molar-refractivity contribution is -0.167. The molecule has 142 valence electrons. The molecule has 0 aromatic carbocycles. The molecule has 0 fully saturated rings. The molecule has 1 heterocycles. The van der Waals surface area contributed by atoms with Crippen molar-refractivity contribution in [1.82, 2.24) is 10.3 Å². The number of carbonyl (C=O) groups excluding carboxylic acids is 1. The highest BCUT2D eigenvalue weighted by atomic mass is 79.9. The van der Waals surface area contributed by atoms with E-state index in [4.69, 9.17) is 9.47 Å². The van der Waals surface area contributed by atoms with E-state index in [1.54, 1.807) is 33.8 Å². The van der Waals surface area contributed by atoms with Crippen molar-refractivity contribution in [2.24, 2.45) is 0 Å². The standard InChI is InChI=1S/C18H28BrFN2O3/c1-16(2,3)24-11-18(7,15(23)25-17(4,5)6)22-10-12-8-9-21-14(19)13(12)20/h8-9,22H,10-11H2,1-7H3. The Kier molecular flexibility index (Phi) is 7.12. The average Bonchev–Trinajstić information content (AvgIpc) is 2.44. The topological polar surface area (TPSA) is 60.5 Å². The number of carbonyl (C=O) groups is 1. The number of nitrogens with one attached hydrogen (secondary N) is 1. The van der Waals surface area contributed by atoms with Gasteiger partial charge in [0.15, 0.2) is 5.82 Å². The van der Waals surface area contributed by atoms with Crippen molar-refractivity contribution >= 4 is 21.9 Å². The molecular formula is C18H28BrFN2O3. The Morgan fingerprint density at radius 1 is 1.20 bits per heavy atom. The molecule has 5 nitrogen and oxygen atoms in total. The van der Waals surface area contributed by atoms with Crippen molar-refractivity contribution in [3.8, 4) is 0 Å². The highest BCUT2D eigenvalue weighted by Gasteiger charge is 2.38. The summed E-state index contributed by atoms with van der Waals surface area (Å²) in [4.78, 5) is 16.5. The molecule has 1 aromatic rings. The van der Waals surface area contributed by atoms with Gasteiger partial charge in [0.25, 0.3) is 0 Å². The molecule has 0 aliphatic heterocycles. The van der Waals surface area contributed by atoms with Crippen molar-refractivity contribution in [3.63, 3.8) is 0 Å². The van der Waals surface area contributed by atoms with Crippen LogP contribution in [0.2, 0.25) is 0 Å². The van der Waals surface area contributed by atoms with Crippen LogP contribution in [0.4, 0.5) is 4.39 Å². The molecule has 0 bridgehead atoms. The van der Waals surface area contributed by atoms with Gasteiger partial charge in [0.1, 0.15) is 15.7 Å². The van der Waals surface area contributed by atoms with Gasteiger partial charge in [-0.25, -0.2) is 14.2 Å². The second-order valence-electron chi connectivity index (χ2n) is 8.16. The van der Waals surface area contributed by atoms with Gasteiger partial charge in [-0.1, -0.05) is 0 Å². The summed E-state index contributed by atoms with van der Waals surface area (Å²) in [5.41, 5.74) is -1.78. The summed E-state index contributed by atoms with van der Waals surface area (Å²) < 4.78 is 25.6. The summed E-state index contributed by atoms with van der Waals surface area (Å²) in [6, 6.07) is 1.56. The van der Waals surface area contributed by atoms with Crippen LogP contribution in [-0.4, -0.2) is 34.3 Å². The van der Waals surface area contributed by atoms with Crippen LogP contribution in [0.25, 0.3) is 0 Å². The zero-order chi connectivity index (χ0) is 19.5. The maximum absolute atomic E-state index is 14.1. The van der Waals surface area contributed by atoms with Crippen molar-refractivity contribution in [3.05, 3.63) is 28.2 Å². The predicted octanol–water partition coefficient (Wildman–Crippen LogP) is 3.99. The molecule has 7 heteroatoms. The highest BCUT2D eigenvalue weighted by Crippen LogP contribution is 2.20. The average molecular weight is 419 g/mol. The third kappa shape index (κ3) is 7.38. The maximum atomic E-state index is 14.1. The fraction of sp³-hybridized carbons (Fsp3) is 0.667. The Hall–Kier alpha value is -1.05. The number of nitrogens with zero attached hydrogens (tertiary/aromatic N) is 1. The quantitative estimate of drug-likeness (QED) is 0.558. The first kappa shape index (κ1) is 22.0. The first-order valence-corrected chi connectivity index (χ1v) is 8.94. The van der Waals surface area contributed by atoms with Gasteiger partial charge in [0.05, 0.1) is 12.2 Å². The van der Waals surface area contributed by atoms with Crippen LogP contribution in [-0.2, 0) is 20.8 Å². The largest absolute Gasteiger partial charge is 0.459 e. The summed E-state index contributed by atoms with van der Waals surface area (Å²) in [7, 11) is 0. The van der Waals surface area contributed by atoms with Gasteiger partial charge in [-0.2, -0.15) is 0 Å². The third-order valence-corrected chi connectivity index (χ3v) is 3.79. The van der Waals surface area contributed by atoms with E-state index in [0.29, 0.717) is 5.56 Å². The van der Waals surface area contributed by atoms with Crippen LogP contribution >= 0.6 is 15.9 Å². The predicted molar refractivity (Wildman–Crippen MR) is 98.7 cm³/mol. The Bertz CT molecular complexity index is 611. The van der Waals surface area contributed by atoms with Crippen molar-refractivity contribution in [2.45, 2.75) is 71.8 Å². The first-order valence-electron chi connectivity index (χ1n) is 8.15. The van der Waals surface area contributed by atoms with Crippen LogP contribution in [0.1, 0.15) is 54.0 Å². The van der Waals surface area contributed by atoms with E-state index >= 15 is 0 Å². The number of halogens is 2. The summed E-state index contributed by atoms with van der Waals surface area (Å²) in [6.07, 6.45) is 1.50. The lowest BCUT2D eigenvalue weighted by Crippen LogP contribution is -2.56. The van der Waals surface area contributed by atoms with Crippen molar-refractivity contribution in [2.75, 3.05) is 6.61 Å². The minimum atomic E-state index is -1.12. The normalized spacial score (nSPS) is 14.9. The first-order chi connectivity index (χ1) is 11.2. The Morgan fingerprint density at radius 2 is 1.80 bits per heavy atom. The zero-order valence-electron chi connectivity index (χ0n) is 16.0. The second kappa shape index (κ2) is 8.10. The molecule has 1 aromatic heterocycles. The van der Waals surface area contributed by atoms with Gasteiger partial charge in [-0.3, -0.25) is 5.32 Å². The number of esters is 1. The molecular weight excluding hydrogens is 391 g/mol. The summed E-state index contributed by atoms with van der Waals surface area (Å²) in [6.45, 7) is 13.0. The molecule has 1 rings (SSSR count). The SMILES string of the molecule is CC(C)(C)OCC(C)(NCc1ccnc(Br)c1F)C(=O)OC(C)(C)C.